The molecular formula is C14H10BrN3O2. The van der Waals surface area contributed by atoms with Crippen LogP contribution in [0.15, 0.2) is 56.5 Å². The van der Waals surface area contributed by atoms with Gasteiger partial charge >= 0.3 is 0 Å². The van der Waals surface area contributed by atoms with Crippen LogP contribution in [0.2, 0.25) is 0 Å². The van der Waals surface area contributed by atoms with E-state index in [4.69, 9.17) is 10.3 Å². The molecule has 1 aromatic carbocycles. The van der Waals surface area contributed by atoms with Crippen molar-refractivity contribution in [2.24, 2.45) is 0 Å². The van der Waals surface area contributed by atoms with Crippen LogP contribution >= 0.6 is 15.9 Å². The molecule has 0 unspecified atom stereocenters. The van der Waals surface area contributed by atoms with E-state index in [-0.39, 0.29) is 11.2 Å². The average molecular weight is 332 g/mol. The fraction of sp³-hybridized carbons (Fsp3) is 0. The minimum Gasteiger partial charge on any atom is -0.380 e. The van der Waals surface area contributed by atoms with Gasteiger partial charge in [0.15, 0.2) is 17.0 Å². The molecule has 3 N–H and O–H groups in total. The molecule has 2 heterocycles. The Bertz CT molecular complexity index is 823. The second-order valence-corrected chi connectivity index (χ2v) is 5.03. The molecule has 0 radical (unpaired) electrons. The lowest BCUT2D eigenvalue weighted by Gasteiger charge is -2.04. The van der Waals surface area contributed by atoms with Crippen LogP contribution in [0.3, 0.4) is 0 Å². The number of nitrogens with one attached hydrogen (secondary N) is 1. The minimum absolute atomic E-state index is 0.159. The standard InChI is InChI=1S/C14H10BrN3O2/c15-10-4-2-1-3-8(10)12-13(20-18-14(12)16)9-7-17-6-5-11(9)19/h1-7H,(H2,16,18)(H,17,19). The number of pyridine rings is 1. The van der Waals surface area contributed by atoms with Crippen molar-refractivity contribution < 1.29 is 4.52 Å². The van der Waals surface area contributed by atoms with Gasteiger partial charge < -0.3 is 15.2 Å². The van der Waals surface area contributed by atoms with Crippen molar-refractivity contribution in [3.05, 3.63) is 57.4 Å². The Morgan fingerprint density at radius 3 is 2.75 bits per heavy atom. The molecule has 100 valence electrons. The lowest BCUT2D eigenvalue weighted by atomic mass is 10.0. The maximum atomic E-state index is 11.9. The van der Waals surface area contributed by atoms with E-state index in [9.17, 15) is 4.79 Å². The van der Waals surface area contributed by atoms with E-state index in [1.54, 1.807) is 12.4 Å². The Balaban J connectivity index is 2.29. The van der Waals surface area contributed by atoms with Crippen LogP contribution in [-0.4, -0.2) is 10.1 Å². The summed E-state index contributed by atoms with van der Waals surface area (Å²) in [6, 6.07) is 8.98. The zero-order chi connectivity index (χ0) is 14.1. The number of aromatic amines is 1. The highest BCUT2D eigenvalue weighted by molar-refractivity contribution is 9.10. The van der Waals surface area contributed by atoms with Crippen LogP contribution in [0.5, 0.6) is 0 Å². The number of benzene rings is 1. The fourth-order valence-corrected chi connectivity index (χ4v) is 2.49. The number of aromatic nitrogens is 2. The number of halogens is 1. The summed E-state index contributed by atoms with van der Waals surface area (Å²) >= 11 is 3.47. The van der Waals surface area contributed by atoms with E-state index < -0.39 is 0 Å². The second-order valence-electron chi connectivity index (χ2n) is 4.17. The first kappa shape index (κ1) is 12.7. The molecule has 0 amide bonds. The largest absolute Gasteiger partial charge is 0.380 e. The van der Waals surface area contributed by atoms with E-state index in [0.717, 1.165) is 10.0 Å². The molecule has 3 rings (SSSR count). The summed E-state index contributed by atoms with van der Waals surface area (Å²) in [5, 5.41) is 3.78. The number of hydrogen-bond acceptors (Lipinski definition) is 4. The van der Waals surface area contributed by atoms with Crippen molar-refractivity contribution >= 4 is 21.7 Å². The highest BCUT2D eigenvalue weighted by atomic mass is 79.9. The lowest BCUT2D eigenvalue weighted by molar-refractivity contribution is 0.435. The molecule has 3 aromatic rings. The summed E-state index contributed by atoms with van der Waals surface area (Å²) in [6.45, 7) is 0. The first-order valence-electron chi connectivity index (χ1n) is 5.86. The van der Waals surface area contributed by atoms with Crippen molar-refractivity contribution in [2.75, 3.05) is 5.73 Å². The van der Waals surface area contributed by atoms with Crippen LogP contribution in [0.25, 0.3) is 22.5 Å². The van der Waals surface area contributed by atoms with Crippen LogP contribution in [0.1, 0.15) is 0 Å². The van der Waals surface area contributed by atoms with Gasteiger partial charge in [-0.15, -0.1) is 0 Å². The van der Waals surface area contributed by atoms with Crippen molar-refractivity contribution in [1.82, 2.24) is 10.1 Å². The normalized spacial score (nSPS) is 10.7. The zero-order valence-electron chi connectivity index (χ0n) is 10.3. The van der Waals surface area contributed by atoms with Gasteiger partial charge in [0.05, 0.1) is 11.1 Å². The first-order chi connectivity index (χ1) is 9.68. The van der Waals surface area contributed by atoms with Gasteiger partial charge in [0, 0.05) is 28.5 Å². The van der Waals surface area contributed by atoms with Crippen LogP contribution in [-0.2, 0) is 0 Å². The predicted octanol–water partition coefficient (Wildman–Crippen LogP) is 3.04. The van der Waals surface area contributed by atoms with E-state index in [0.29, 0.717) is 16.9 Å². The highest BCUT2D eigenvalue weighted by Crippen LogP contribution is 2.38. The molecule has 0 saturated carbocycles. The Morgan fingerprint density at radius 1 is 1.20 bits per heavy atom. The summed E-state index contributed by atoms with van der Waals surface area (Å²) < 4.78 is 6.11. The molecule has 0 atom stereocenters. The number of nitrogen functional groups attached to an aromatic ring is 1. The molecule has 0 aliphatic rings. The van der Waals surface area contributed by atoms with Crippen LogP contribution in [0.4, 0.5) is 5.82 Å². The number of anilines is 1. The van der Waals surface area contributed by atoms with E-state index in [1.807, 2.05) is 24.3 Å². The summed E-state index contributed by atoms with van der Waals surface area (Å²) in [5.74, 6) is 0.603. The molecule has 0 fully saturated rings. The maximum Gasteiger partial charge on any atom is 0.192 e. The van der Waals surface area contributed by atoms with Gasteiger partial charge in [-0.05, 0) is 6.07 Å². The Morgan fingerprint density at radius 2 is 2.00 bits per heavy atom. The summed E-state index contributed by atoms with van der Waals surface area (Å²) in [4.78, 5) is 14.8. The SMILES string of the molecule is Nc1noc(-c2c[nH]ccc2=O)c1-c1ccccc1Br. The van der Waals surface area contributed by atoms with Gasteiger partial charge in [-0.3, -0.25) is 4.79 Å². The third-order valence-electron chi connectivity index (χ3n) is 2.93. The molecule has 0 aliphatic carbocycles. The third kappa shape index (κ3) is 2.04. The Kier molecular flexibility index (Phi) is 3.15. The van der Waals surface area contributed by atoms with Gasteiger partial charge in [-0.25, -0.2) is 0 Å². The Hall–Kier alpha value is -2.34. The van der Waals surface area contributed by atoms with Crippen molar-refractivity contribution in [2.45, 2.75) is 0 Å². The summed E-state index contributed by atoms with van der Waals surface area (Å²) in [5.41, 5.74) is 7.55. The van der Waals surface area contributed by atoms with E-state index in [1.165, 1.54) is 6.07 Å². The average Bonchev–Trinajstić information content (AvgIpc) is 2.82. The number of hydrogen-bond donors (Lipinski definition) is 2. The molecular weight excluding hydrogens is 322 g/mol. The molecule has 20 heavy (non-hydrogen) atoms. The fourth-order valence-electron chi connectivity index (χ4n) is 2.00. The maximum absolute atomic E-state index is 11.9. The smallest absolute Gasteiger partial charge is 0.192 e. The predicted molar refractivity (Wildman–Crippen MR) is 80.1 cm³/mol. The molecule has 2 aromatic heterocycles. The van der Waals surface area contributed by atoms with Gasteiger partial charge in [0.1, 0.15) is 0 Å². The number of H-pyrrole nitrogens is 1. The molecule has 0 saturated heterocycles. The highest BCUT2D eigenvalue weighted by Gasteiger charge is 2.20. The third-order valence-corrected chi connectivity index (χ3v) is 3.62. The Labute approximate surface area is 122 Å². The second kappa shape index (κ2) is 4.97. The van der Waals surface area contributed by atoms with Gasteiger partial charge in [0.2, 0.25) is 0 Å². The summed E-state index contributed by atoms with van der Waals surface area (Å²) in [7, 11) is 0. The molecule has 5 nitrogen and oxygen atoms in total. The zero-order valence-corrected chi connectivity index (χ0v) is 11.8. The lowest BCUT2D eigenvalue weighted by Crippen LogP contribution is -2.03. The molecule has 6 heteroatoms. The van der Waals surface area contributed by atoms with Crippen LogP contribution < -0.4 is 11.2 Å². The van der Waals surface area contributed by atoms with E-state index >= 15 is 0 Å². The van der Waals surface area contributed by atoms with E-state index in [2.05, 4.69) is 26.1 Å². The monoisotopic (exact) mass is 331 g/mol. The van der Waals surface area contributed by atoms with Gasteiger partial charge in [-0.1, -0.05) is 39.3 Å². The summed E-state index contributed by atoms with van der Waals surface area (Å²) in [6.07, 6.45) is 3.13. The number of rotatable bonds is 2. The number of nitrogens with zero attached hydrogens (tertiary/aromatic N) is 1. The minimum atomic E-state index is -0.159. The van der Waals surface area contributed by atoms with Crippen LogP contribution in [0, 0.1) is 0 Å². The topological polar surface area (TPSA) is 84.9 Å². The molecule has 0 bridgehead atoms. The molecule has 0 aliphatic heterocycles. The van der Waals surface area contributed by atoms with Gasteiger partial charge in [-0.2, -0.15) is 0 Å². The van der Waals surface area contributed by atoms with Crippen molar-refractivity contribution in [1.29, 1.82) is 0 Å². The quantitative estimate of drug-likeness (QED) is 0.755. The first-order valence-corrected chi connectivity index (χ1v) is 6.65. The van der Waals surface area contributed by atoms with Crippen molar-refractivity contribution in [3.63, 3.8) is 0 Å². The number of nitrogens with two attached hydrogens (primary N) is 1. The van der Waals surface area contributed by atoms with Gasteiger partial charge in [0.25, 0.3) is 0 Å². The van der Waals surface area contributed by atoms with Crippen molar-refractivity contribution in [3.8, 4) is 22.5 Å². The molecule has 0 spiro atoms.